The van der Waals surface area contributed by atoms with E-state index >= 15 is 0 Å². The second kappa shape index (κ2) is 8.03. The van der Waals surface area contributed by atoms with Gasteiger partial charge in [0.15, 0.2) is 0 Å². The predicted molar refractivity (Wildman–Crippen MR) is 98.4 cm³/mol. The molecule has 1 fully saturated rings. The maximum absolute atomic E-state index is 8.98. The topological polar surface area (TPSA) is 68.3 Å². The second-order valence-corrected chi connectivity index (χ2v) is 7.18. The van der Waals surface area contributed by atoms with Crippen molar-refractivity contribution in [2.75, 3.05) is 13.2 Å². The number of ether oxygens (including phenoxy) is 2. The maximum atomic E-state index is 8.98. The summed E-state index contributed by atoms with van der Waals surface area (Å²) in [4.78, 5) is 4.67. The zero-order valence-electron chi connectivity index (χ0n) is 15.7. The molecule has 1 saturated heterocycles. The molecule has 0 N–H and O–H groups in total. The van der Waals surface area contributed by atoms with Gasteiger partial charge in [0, 0.05) is 18.4 Å². The number of oxazole rings is 1. The average Bonchev–Trinajstić information content (AvgIpc) is 3.02. The molecule has 2 heterocycles. The van der Waals surface area contributed by atoms with Crippen LogP contribution in [0.3, 0.4) is 0 Å². The van der Waals surface area contributed by atoms with E-state index in [-0.39, 0.29) is 0 Å². The molecule has 2 aromatic rings. The molecule has 0 aliphatic carbocycles. The Hall–Kier alpha value is -2.16. The molecule has 5 nitrogen and oxygen atoms in total. The summed E-state index contributed by atoms with van der Waals surface area (Å²) in [6.07, 6.45) is 4.06. The summed E-state index contributed by atoms with van der Waals surface area (Å²) >= 11 is 0. The monoisotopic (exact) mass is 354 g/mol. The first-order valence-electron chi connectivity index (χ1n) is 9.21. The van der Waals surface area contributed by atoms with Crippen LogP contribution in [-0.4, -0.2) is 24.0 Å². The number of rotatable bonds is 6. The first-order valence-corrected chi connectivity index (χ1v) is 9.21. The highest BCUT2D eigenvalue weighted by Gasteiger charge is 2.32. The van der Waals surface area contributed by atoms with E-state index in [9.17, 15) is 0 Å². The fraction of sp³-hybridized carbons (Fsp3) is 0.524. The zero-order chi connectivity index (χ0) is 18.6. The molecule has 3 rings (SSSR count). The van der Waals surface area contributed by atoms with E-state index in [4.69, 9.17) is 19.2 Å². The Bertz CT molecular complexity index is 766. The first kappa shape index (κ1) is 18.6. The fourth-order valence-corrected chi connectivity index (χ4v) is 3.08. The summed E-state index contributed by atoms with van der Waals surface area (Å²) in [5.74, 6) is 0.885. The molecular formula is C21H26N2O3. The normalized spacial score (nSPS) is 22.9. The van der Waals surface area contributed by atoms with E-state index in [0.717, 1.165) is 42.7 Å². The van der Waals surface area contributed by atoms with Crippen LogP contribution in [0, 0.1) is 31.1 Å². The molecular weight excluding hydrogens is 328 g/mol. The van der Waals surface area contributed by atoms with Crippen LogP contribution in [0.25, 0.3) is 11.5 Å². The SMILES string of the molecule is Cc1ccc(-c2nc(CCCC[C@H]3CO[C@@](C)(C#N)OC3)c(C)o2)cc1. The van der Waals surface area contributed by atoms with E-state index in [1.54, 1.807) is 6.92 Å². The summed E-state index contributed by atoms with van der Waals surface area (Å²) in [6.45, 7) is 6.89. The molecule has 1 aromatic carbocycles. The van der Waals surface area contributed by atoms with Gasteiger partial charge in [-0.2, -0.15) is 5.26 Å². The Morgan fingerprint density at radius 1 is 1.15 bits per heavy atom. The highest BCUT2D eigenvalue weighted by Crippen LogP contribution is 2.25. The van der Waals surface area contributed by atoms with E-state index in [2.05, 4.69) is 30.1 Å². The smallest absolute Gasteiger partial charge is 0.256 e. The summed E-state index contributed by atoms with van der Waals surface area (Å²) in [7, 11) is 0. The fourth-order valence-electron chi connectivity index (χ4n) is 3.08. The standard InChI is InChI=1S/C21H26N2O3/c1-15-8-10-18(11-9-15)20-23-19(16(2)26-20)7-5-4-6-17-12-24-21(3,14-22)25-13-17/h8-11,17H,4-7,12-13H2,1-3H3/t17-,21+. The van der Waals surface area contributed by atoms with Crippen LogP contribution in [0.5, 0.6) is 0 Å². The minimum atomic E-state index is -1.07. The van der Waals surface area contributed by atoms with Gasteiger partial charge in [0.05, 0.1) is 18.9 Å². The van der Waals surface area contributed by atoms with Crippen molar-refractivity contribution >= 4 is 0 Å². The maximum Gasteiger partial charge on any atom is 0.256 e. The Morgan fingerprint density at radius 2 is 1.85 bits per heavy atom. The van der Waals surface area contributed by atoms with Crippen LogP contribution in [-0.2, 0) is 15.9 Å². The lowest BCUT2D eigenvalue weighted by Gasteiger charge is -2.32. The molecule has 0 bridgehead atoms. The van der Waals surface area contributed by atoms with Crippen LogP contribution in [0.4, 0.5) is 0 Å². The minimum absolute atomic E-state index is 0.359. The van der Waals surface area contributed by atoms with Gasteiger partial charge in [-0.3, -0.25) is 0 Å². The minimum Gasteiger partial charge on any atom is -0.441 e. The number of aryl methyl sites for hydroxylation is 3. The third-order valence-corrected chi connectivity index (χ3v) is 4.86. The Labute approximate surface area is 154 Å². The van der Waals surface area contributed by atoms with Crippen molar-refractivity contribution in [1.29, 1.82) is 5.26 Å². The Balaban J connectivity index is 1.46. The van der Waals surface area contributed by atoms with Crippen molar-refractivity contribution < 1.29 is 13.9 Å². The van der Waals surface area contributed by atoms with Crippen molar-refractivity contribution in [3.05, 3.63) is 41.3 Å². The molecule has 1 aromatic heterocycles. The van der Waals surface area contributed by atoms with Gasteiger partial charge in [0.2, 0.25) is 5.89 Å². The van der Waals surface area contributed by atoms with Gasteiger partial charge < -0.3 is 13.9 Å². The number of unbranched alkanes of at least 4 members (excludes halogenated alkanes) is 1. The lowest BCUT2D eigenvalue weighted by Crippen LogP contribution is -2.40. The zero-order valence-corrected chi connectivity index (χ0v) is 15.7. The summed E-state index contributed by atoms with van der Waals surface area (Å²) in [5.41, 5.74) is 3.28. The van der Waals surface area contributed by atoms with E-state index in [1.807, 2.05) is 19.1 Å². The average molecular weight is 354 g/mol. The van der Waals surface area contributed by atoms with Crippen LogP contribution in [0.2, 0.25) is 0 Å². The van der Waals surface area contributed by atoms with Crippen molar-refractivity contribution in [2.24, 2.45) is 5.92 Å². The van der Waals surface area contributed by atoms with Gasteiger partial charge in [-0.1, -0.05) is 24.1 Å². The number of nitrogens with zero attached hydrogens (tertiary/aromatic N) is 2. The molecule has 1 aliphatic heterocycles. The van der Waals surface area contributed by atoms with Crippen molar-refractivity contribution in [1.82, 2.24) is 4.98 Å². The number of nitriles is 1. The molecule has 138 valence electrons. The van der Waals surface area contributed by atoms with Crippen LogP contribution < -0.4 is 0 Å². The highest BCUT2D eigenvalue weighted by molar-refractivity contribution is 5.54. The predicted octanol–water partition coefficient (Wildman–Crippen LogP) is 4.57. The number of hydrogen-bond donors (Lipinski definition) is 0. The molecule has 0 amide bonds. The Morgan fingerprint density at radius 3 is 2.50 bits per heavy atom. The first-order chi connectivity index (χ1) is 12.5. The van der Waals surface area contributed by atoms with Gasteiger partial charge in [0.25, 0.3) is 5.79 Å². The van der Waals surface area contributed by atoms with Crippen molar-refractivity contribution in [3.63, 3.8) is 0 Å². The molecule has 0 saturated carbocycles. The number of hydrogen-bond acceptors (Lipinski definition) is 5. The third-order valence-electron chi connectivity index (χ3n) is 4.86. The Kier molecular flexibility index (Phi) is 5.75. The van der Waals surface area contributed by atoms with Gasteiger partial charge in [-0.25, -0.2) is 4.98 Å². The lowest BCUT2D eigenvalue weighted by molar-refractivity contribution is -0.239. The number of benzene rings is 1. The largest absolute Gasteiger partial charge is 0.441 e. The third kappa shape index (κ3) is 4.51. The molecule has 5 heteroatoms. The van der Waals surface area contributed by atoms with E-state index in [0.29, 0.717) is 25.0 Å². The molecule has 26 heavy (non-hydrogen) atoms. The highest BCUT2D eigenvalue weighted by atomic mass is 16.7. The van der Waals surface area contributed by atoms with Gasteiger partial charge in [-0.05, 0) is 45.2 Å². The second-order valence-electron chi connectivity index (χ2n) is 7.18. The van der Waals surface area contributed by atoms with Crippen molar-refractivity contribution in [3.8, 4) is 17.5 Å². The quantitative estimate of drug-likeness (QED) is 0.711. The molecule has 0 radical (unpaired) electrons. The van der Waals surface area contributed by atoms with Crippen LogP contribution in [0.1, 0.15) is 43.2 Å². The van der Waals surface area contributed by atoms with Crippen molar-refractivity contribution in [2.45, 2.75) is 52.2 Å². The lowest BCUT2D eigenvalue weighted by atomic mass is 10.0. The summed E-state index contributed by atoms with van der Waals surface area (Å²) in [5, 5.41) is 8.98. The number of aromatic nitrogens is 1. The molecule has 0 unspecified atom stereocenters. The summed E-state index contributed by atoms with van der Waals surface area (Å²) in [6, 6.07) is 10.3. The molecule has 0 spiro atoms. The van der Waals surface area contributed by atoms with E-state index in [1.165, 1.54) is 5.56 Å². The van der Waals surface area contributed by atoms with Gasteiger partial charge >= 0.3 is 0 Å². The van der Waals surface area contributed by atoms with Gasteiger partial charge in [-0.15, -0.1) is 0 Å². The van der Waals surface area contributed by atoms with E-state index < -0.39 is 5.79 Å². The molecule has 1 aliphatic rings. The van der Waals surface area contributed by atoms with Crippen LogP contribution in [0.15, 0.2) is 28.7 Å². The summed E-state index contributed by atoms with van der Waals surface area (Å²) < 4.78 is 16.9. The van der Waals surface area contributed by atoms with Gasteiger partial charge in [0.1, 0.15) is 11.8 Å². The molecule has 0 atom stereocenters. The van der Waals surface area contributed by atoms with Crippen LogP contribution >= 0.6 is 0 Å².